The first-order valence-electron chi connectivity index (χ1n) is 6.72. The Hall–Kier alpha value is -1.63. The molecule has 116 valence electrons. The lowest BCUT2D eigenvalue weighted by Crippen LogP contribution is -2.41. The van der Waals surface area contributed by atoms with Crippen LogP contribution >= 0.6 is 11.3 Å². The summed E-state index contributed by atoms with van der Waals surface area (Å²) in [6.45, 7) is 5.37. The summed E-state index contributed by atoms with van der Waals surface area (Å²) < 4.78 is 17.3. The number of hydrogen-bond acceptors (Lipinski definition) is 5. The van der Waals surface area contributed by atoms with E-state index >= 15 is 0 Å². The Bertz CT molecular complexity index is 550. The zero-order valence-electron chi connectivity index (χ0n) is 12.2. The number of ether oxygens (including phenoxy) is 1. The van der Waals surface area contributed by atoms with E-state index < -0.39 is 17.7 Å². The summed E-state index contributed by atoms with van der Waals surface area (Å²) in [4.78, 5) is 27.5. The molecule has 1 heterocycles. The van der Waals surface area contributed by atoms with E-state index in [-0.39, 0.29) is 11.6 Å². The van der Waals surface area contributed by atoms with E-state index in [0.29, 0.717) is 6.42 Å². The summed E-state index contributed by atoms with van der Waals surface area (Å²) in [5, 5.41) is 4.39. The van der Waals surface area contributed by atoms with Crippen LogP contribution < -0.4 is 5.32 Å². The summed E-state index contributed by atoms with van der Waals surface area (Å²) in [6, 6.07) is -0.131. The molecule has 1 unspecified atom stereocenters. The topological polar surface area (TPSA) is 64.6 Å². The van der Waals surface area contributed by atoms with Gasteiger partial charge in [0.1, 0.15) is 5.60 Å². The maximum Gasteiger partial charge on any atom is 0.407 e. The number of carbonyl (C=O) groups excluding carboxylic acids is 2. The predicted octanol–water partition coefficient (Wildman–Crippen LogP) is 3.17. The van der Waals surface area contributed by atoms with E-state index in [1.807, 2.05) is 0 Å². The van der Waals surface area contributed by atoms with Crippen molar-refractivity contribution in [2.24, 2.45) is 0 Å². The minimum absolute atomic E-state index is 0.131. The smallest absolute Gasteiger partial charge is 0.407 e. The largest absolute Gasteiger partial charge is 0.444 e. The van der Waals surface area contributed by atoms with E-state index in [4.69, 9.17) is 4.74 Å². The van der Waals surface area contributed by atoms with Crippen LogP contribution in [0.5, 0.6) is 0 Å². The Morgan fingerprint density at radius 3 is 2.76 bits per heavy atom. The molecule has 0 radical (unpaired) electrons. The van der Waals surface area contributed by atoms with Crippen LogP contribution in [0.2, 0.25) is 0 Å². The van der Waals surface area contributed by atoms with Gasteiger partial charge in [-0.25, -0.2) is 14.5 Å². The van der Waals surface area contributed by atoms with Crippen molar-refractivity contribution in [1.82, 2.24) is 5.32 Å². The van der Waals surface area contributed by atoms with E-state index in [2.05, 4.69) is 10.3 Å². The summed E-state index contributed by atoms with van der Waals surface area (Å²) in [5.74, 6) is -0.981. The monoisotopic (exact) mass is 315 g/mol. The lowest BCUT2D eigenvalue weighted by Gasteiger charge is -2.26. The molecule has 0 fully saturated rings. The highest BCUT2D eigenvalue weighted by Crippen LogP contribution is 2.31. The second kappa shape index (κ2) is 6.01. The Labute approximate surface area is 126 Å². The van der Waals surface area contributed by atoms with Gasteiger partial charge >= 0.3 is 12.1 Å². The molecule has 0 spiro atoms. The molecule has 5 nitrogen and oxygen atoms in total. The Morgan fingerprint density at radius 2 is 2.14 bits per heavy atom. The van der Waals surface area contributed by atoms with Crippen LogP contribution in [-0.4, -0.2) is 23.7 Å². The molecule has 1 aliphatic carbocycles. The second-order valence-electron chi connectivity index (χ2n) is 6.00. The van der Waals surface area contributed by atoms with Gasteiger partial charge in [-0.05, 0) is 45.6 Å². The summed E-state index contributed by atoms with van der Waals surface area (Å²) in [5.41, 5.74) is 0.443. The molecule has 0 saturated heterocycles. The average molecular weight is 315 g/mol. The van der Waals surface area contributed by atoms with E-state index in [1.165, 1.54) is 11.3 Å². The highest BCUT2D eigenvalue weighted by atomic mass is 32.1. The number of aryl methyl sites for hydroxylation is 1. The summed E-state index contributed by atoms with van der Waals surface area (Å²) >= 11 is 1.42. The first kappa shape index (κ1) is 15.8. The first-order valence-corrected chi connectivity index (χ1v) is 7.60. The molecule has 0 bridgehead atoms. The van der Waals surface area contributed by atoms with Crippen LogP contribution in [0.25, 0.3) is 0 Å². The SMILES string of the molecule is CC(C)(C)OC(=O)NC1CCc2scc(C(=O)OF)c2C1. The van der Waals surface area contributed by atoms with Gasteiger partial charge in [-0.3, -0.25) is 0 Å². The van der Waals surface area contributed by atoms with Gasteiger partial charge in [0.05, 0.1) is 5.56 Å². The lowest BCUT2D eigenvalue weighted by molar-refractivity contribution is -0.0788. The fourth-order valence-electron chi connectivity index (χ4n) is 2.32. The van der Waals surface area contributed by atoms with Crippen molar-refractivity contribution in [1.29, 1.82) is 0 Å². The minimum Gasteiger partial charge on any atom is -0.444 e. The molecule has 2 rings (SSSR count). The van der Waals surface area contributed by atoms with Gasteiger partial charge in [-0.15, -0.1) is 11.3 Å². The van der Waals surface area contributed by atoms with Crippen molar-refractivity contribution in [2.75, 3.05) is 0 Å². The molecule has 1 amide bonds. The first-order chi connectivity index (χ1) is 9.80. The molecule has 1 aliphatic rings. The summed E-state index contributed by atoms with van der Waals surface area (Å²) in [6.07, 6.45) is 1.49. The van der Waals surface area contributed by atoms with Gasteiger partial charge in [0.25, 0.3) is 0 Å². The maximum atomic E-state index is 12.1. The van der Waals surface area contributed by atoms with Crippen LogP contribution in [0.15, 0.2) is 5.38 Å². The molecule has 1 aromatic rings. The van der Waals surface area contributed by atoms with Crippen LogP contribution in [0.1, 0.15) is 48.0 Å². The zero-order valence-corrected chi connectivity index (χ0v) is 13.0. The van der Waals surface area contributed by atoms with Gasteiger partial charge in [-0.1, -0.05) is 0 Å². The number of thiophene rings is 1. The standard InChI is InChI=1S/C14H18FNO4S/c1-14(2,3)19-13(18)16-8-4-5-11-9(6-8)10(7-21-11)12(17)20-15/h7-8H,4-6H2,1-3H3,(H,16,18). The van der Waals surface area contributed by atoms with Crippen molar-refractivity contribution >= 4 is 23.4 Å². The molecule has 1 aromatic heterocycles. The average Bonchev–Trinajstić information content (AvgIpc) is 2.78. The van der Waals surface area contributed by atoms with Gasteiger partial charge in [0.2, 0.25) is 0 Å². The normalized spacial score (nSPS) is 17.8. The van der Waals surface area contributed by atoms with Crippen molar-refractivity contribution in [3.8, 4) is 0 Å². The number of amides is 1. The second-order valence-corrected chi connectivity index (χ2v) is 6.97. The number of halogens is 1. The summed E-state index contributed by atoms with van der Waals surface area (Å²) in [7, 11) is 0. The molecule has 0 aromatic carbocycles. The van der Waals surface area contributed by atoms with Gasteiger partial charge in [0.15, 0.2) is 0 Å². The number of nitrogens with one attached hydrogen (secondary N) is 1. The van der Waals surface area contributed by atoms with E-state index in [1.54, 1.807) is 26.2 Å². The highest BCUT2D eigenvalue weighted by Gasteiger charge is 2.28. The number of fused-ring (bicyclic) bond motifs is 1. The molecular formula is C14H18FNO4S. The molecule has 1 N–H and O–H groups in total. The molecular weight excluding hydrogens is 297 g/mol. The van der Waals surface area contributed by atoms with Crippen LogP contribution in [-0.2, 0) is 22.5 Å². The molecule has 0 saturated carbocycles. The van der Waals surface area contributed by atoms with Crippen LogP contribution in [0.3, 0.4) is 0 Å². The van der Waals surface area contributed by atoms with Crippen molar-refractivity contribution in [2.45, 2.75) is 51.7 Å². The number of rotatable bonds is 2. The third-order valence-electron chi connectivity index (χ3n) is 3.16. The maximum absolute atomic E-state index is 12.1. The quantitative estimate of drug-likeness (QED) is 0.910. The van der Waals surface area contributed by atoms with Crippen molar-refractivity contribution < 1.29 is 23.8 Å². The zero-order chi connectivity index (χ0) is 15.6. The third-order valence-corrected chi connectivity index (χ3v) is 4.25. The van der Waals surface area contributed by atoms with E-state index in [0.717, 1.165) is 23.3 Å². The number of alkyl carbamates (subject to hydrolysis) is 1. The number of hydrogen-bond donors (Lipinski definition) is 1. The molecule has 1 atom stereocenters. The molecule has 0 aliphatic heterocycles. The number of carbonyl (C=O) groups is 2. The van der Waals surface area contributed by atoms with Crippen molar-refractivity contribution in [3.63, 3.8) is 0 Å². The predicted molar refractivity (Wildman–Crippen MR) is 76.0 cm³/mol. The molecule has 7 heteroatoms. The third kappa shape index (κ3) is 3.93. The Balaban J connectivity index is 2.03. The van der Waals surface area contributed by atoms with Crippen LogP contribution in [0, 0.1) is 0 Å². The van der Waals surface area contributed by atoms with Gasteiger partial charge < -0.3 is 10.1 Å². The minimum atomic E-state index is -0.981. The lowest BCUT2D eigenvalue weighted by atomic mass is 9.92. The fourth-order valence-corrected chi connectivity index (χ4v) is 3.39. The van der Waals surface area contributed by atoms with Gasteiger partial charge in [-0.2, -0.15) is 0 Å². The van der Waals surface area contributed by atoms with Gasteiger partial charge in [0, 0.05) is 20.8 Å². The Morgan fingerprint density at radius 1 is 1.43 bits per heavy atom. The fraction of sp³-hybridized carbons (Fsp3) is 0.571. The Kier molecular flexibility index (Phi) is 4.51. The highest BCUT2D eigenvalue weighted by molar-refractivity contribution is 7.10. The van der Waals surface area contributed by atoms with E-state index in [9.17, 15) is 14.1 Å². The van der Waals surface area contributed by atoms with Crippen LogP contribution in [0.4, 0.5) is 9.32 Å². The van der Waals surface area contributed by atoms with Crippen molar-refractivity contribution in [3.05, 3.63) is 21.4 Å². The molecule has 21 heavy (non-hydrogen) atoms.